The van der Waals surface area contributed by atoms with Gasteiger partial charge in [-0.15, -0.1) is 10.2 Å². The molecule has 1 saturated heterocycles. The van der Waals surface area contributed by atoms with Gasteiger partial charge in [-0.25, -0.2) is 14.1 Å². The number of ether oxygens (including phenoxy) is 1. The number of alkyl halides is 3. The molecule has 220 valence electrons. The Balaban J connectivity index is 1.29. The highest BCUT2D eigenvalue weighted by Gasteiger charge is 2.35. The van der Waals surface area contributed by atoms with Gasteiger partial charge in [-0.1, -0.05) is 6.07 Å². The summed E-state index contributed by atoms with van der Waals surface area (Å²) >= 11 is 0. The number of nitrogens with one attached hydrogen (secondary N) is 1. The van der Waals surface area contributed by atoms with Gasteiger partial charge in [0.2, 0.25) is 0 Å². The van der Waals surface area contributed by atoms with Crippen molar-refractivity contribution in [3.8, 4) is 39.6 Å². The lowest BCUT2D eigenvalue weighted by molar-refractivity contribution is -0.137. The number of hydrogen-bond donors (Lipinski definition) is 1. The van der Waals surface area contributed by atoms with Crippen LogP contribution in [-0.4, -0.2) is 53.8 Å². The molecule has 0 unspecified atom stereocenters. The van der Waals surface area contributed by atoms with Crippen molar-refractivity contribution in [2.75, 3.05) is 13.2 Å². The highest BCUT2D eigenvalue weighted by Crippen LogP contribution is 2.42. The number of nitrogens with zero attached hydrogens (tertiary/aromatic N) is 7. The van der Waals surface area contributed by atoms with Gasteiger partial charge in [0.25, 0.3) is 0 Å². The maximum Gasteiger partial charge on any atom is 0.418 e. The van der Waals surface area contributed by atoms with Crippen molar-refractivity contribution in [1.29, 1.82) is 0 Å². The van der Waals surface area contributed by atoms with Gasteiger partial charge in [-0.05, 0) is 60.4 Å². The van der Waals surface area contributed by atoms with Crippen LogP contribution >= 0.6 is 0 Å². The average Bonchev–Trinajstić information content (AvgIpc) is 3.53. The zero-order valence-corrected chi connectivity index (χ0v) is 23.0. The summed E-state index contributed by atoms with van der Waals surface area (Å²) < 4.78 is 64.8. The summed E-state index contributed by atoms with van der Waals surface area (Å²) in [6.07, 6.45) is 1.76. The van der Waals surface area contributed by atoms with E-state index in [0.29, 0.717) is 48.2 Å². The lowest BCUT2D eigenvalue weighted by atomic mass is 9.98. The van der Waals surface area contributed by atoms with Gasteiger partial charge in [0, 0.05) is 42.5 Å². The van der Waals surface area contributed by atoms with Gasteiger partial charge in [-0.2, -0.15) is 18.3 Å². The molecular weight excluding hydrogens is 564 g/mol. The SMILES string of the molecule is Cn1cnnc1-c1cc(F)ccc1-c1cc(C2CC2)nc(-n2cc(-c3nc(CNC4COC4)ccc3C(F)(F)F)cn2)c1. The Morgan fingerprint density at radius 1 is 1.00 bits per heavy atom. The maximum absolute atomic E-state index is 14.4. The predicted molar refractivity (Wildman–Crippen MR) is 148 cm³/mol. The van der Waals surface area contributed by atoms with Crippen LogP contribution in [0.3, 0.4) is 0 Å². The molecule has 1 N–H and O–H groups in total. The molecule has 7 rings (SSSR count). The molecular formula is C30H26F4N8O. The maximum atomic E-state index is 14.4. The highest BCUT2D eigenvalue weighted by molar-refractivity contribution is 5.81. The predicted octanol–water partition coefficient (Wildman–Crippen LogP) is 5.32. The zero-order valence-electron chi connectivity index (χ0n) is 23.0. The van der Waals surface area contributed by atoms with E-state index in [1.165, 1.54) is 35.3 Å². The van der Waals surface area contributed by atoms with Gasteiger partial charge in [0.05, 0.1) is 42.4 Å². The van der Waals surface area contributed by atoms with Gasteiger partial charge in [-0.3, -0.25) is 4.98 Å². The van der Waals surface area contributed by atoms with Crippen LogP contribution in [-0.2, 0) is 24.5 Å². The van der Waals surface area contributed by atoms with Crippen LogP contribution in [0.4, 0.5) is 17.6 Å². The van der Waals surface area contributed by atoms with Crippen molar-refractivity contribution in [2.24, 2.45) is 7.05 Å². The second-order valence-corrected chi connectivity index (χ2v) is 10.9. The van der Waals surface area contributed by atoms with Gasteiger partial charge >= 0.3 is 6.18 Å². The summed E-state index contributed by atoms with van der Waals surface area (Å²) in [6, 6.07) is 10.8. The second-order valence-electron chi connectivity index (χ2n) is 10.9. The number of aromatic nitrogens is 7. The fourth-order valence-electron chi connectivity index (χ4n) is 5.10. The minimum atomic E-state index is -4.60. The molecule has 0 atom stereocenters. The number of rotatable bonds is 8. The molecule has 1 aliphatic carbocycles. The first-order chi connectivity index (χ1) is 20.7. The lowest BCUT2D eigenvalue weighted by Gasteiger charge is -2.26. The van der Waals surface area contributed by atoms with E-state index in [2.05, 4.69) is 25.6 Å². The molecule has 2 fully saturated rings. The van der Waals surface area contributed by atoms with Crippen LogP contribution in [0.25, 0.3) is 39.6 Å². The Labute approximate surface area is 243 Å². The van der Waals surface area contributed by atoms with Crippen molar-refractivity contribution in [3.05, 3.63) is 84.0 Å². The van der Waals surface area contributed by atoms with Crippen molar-refractivity contribution >= 4 is 0 Å². The summed E-state index contributed by atoms with van der Waals surface area (Å²) in [6.45, 7) is 1.44. The van der Waals surface area contributed by atoms with Crippen LogP contribution in [0, 0.1) is 5.82 Å². The van der Waals surface area contributed by atoms with Gasteiger partial charge in [0.15, 0.2) is 11.6 Å². The molecule has 5 heterocycles. The Morgan fingerprint density at radius 3 is 2.53 bits per heavy atom. The molecule has 43 heavy (non-hydrogen) atoms. The minimum Gasteiger partial charge on any atom is -0.378 e. The first-order valence-corrected chi connectivity index (χ1v) is 13.8. The molecule has 4 aromatic heterocycles. The van der Waals surface area contributed by atoms with E-state index in [0.717, 1.165) is 30.2 Å². The third-order valence-electron chi connectivity index (χ3n) is 7.63. The number of hydrogen-bond acceptors (Lipinski definition) is 7. The monoisotopic (exact) mass is 590 g/mol. The van der Waals surface area contributed by atoms with E-state index in [-0.39, 0.29) is 23.2 Å². The molecule has 0 radical (unpaired) electrons. The smallest absolute Gasteiger partial charge is 0.378 e. The molecule has 1 saturated carbocycles. The third-order valence-corrected chi connectivity index (χ3v) is 7.63. The number of aryl methyl sites for hydroxylation is 1. The Morgan fingerprint density at radius 2 is 1.84 bits per heavy atom. The fraction of sp³-hybridized carbons (Fsp3) is 0.300. The van der Waals surface area contributed by atoms with Gasteiger partial charge < -0.3 is 14.6 Å². The normalized spacial score (nSPS) is 15.6. The minimum absolute atomic E-state index is 0.157. The van der Waals surface area contributed by atoms with E-state index in [1.54, 1.807) is 30.1 Å². The molecule has 0 spiro atoms. The van der Waals surface area contributed by atoms with Crippen LogP contribution in [0.5, 0.6) is 0 Å². The zero-order chi connectivity index (χ0) is 29.7. The molecule has 1 aliphatic heterocycles. The Hall–Kier alpha value is -4.49. The van der Waals surface area contributed by atoms with Crippen molar-refractivity contribution in [3.63, 3.8) is 0 Å². The molecule has 9 nitrogen and oxygen atoms in total. The number of pyridine rings is 2. The van der Waals surface area contributed by atoms with Gasteiger partial charge in [0.1, 0.15) is 12.1 Å². The Bertz CT molecular complexity index is 1810. The second kappa shape index (κ2) is 10.7. The standard InChI is InChI=1S/C30H26F4N8O/c1-41-16-36-40-29(41)24-10-20(31)4-6-23(24)18-8-26(17-2-3-17)39-27(9-18)42-13-19(11-37-42)28-25(30(32,33)34)7-5-21(38-28)12-35-22-14-43-15-22/h4-11,13,16-17,22,35H,2-3,12,14-15H2,1H3. The van der Waals surface area contributed by atoms with Crippen LogP contribution in [0.15, 0.2) is 61.2 Å². The lowest BCUT2D eigenvalue weighted by Crippen LogP contribution is -2.45. The quantitative estimate of drug-likeness (QED) is 0.245. The Kier molecular flexibility index (Phi) is 6.78. The van der Waals surface area contributed by atoms with Crippen molar-refractivity contribution in [2.45, 2.75) is 37.5 Å². The molecule has 13 heteroatoms. The van der Waals surface area contributed by atoms with E-state index < -0.39 is 17.6 Å². The number of halogens is 4. The van der Waals surface area contributed by atoms with Crippen LogP contribution in [0.2, 0.25) is 0 Å². The topological polar surface area (TPSA) is 95.6 Å². The van der Waals surface area contributed by atoms with E-state index in [1.807, 2.05) is 6.07 Å². The molecule has 0 amide bonds. The first kappa shape index (κ1) is 27.3. The summed E-state index contributed by atoms with van der Waals surface area (Å²) in [5, 5.41) is 15.7. The average molecular weight is 591 g/mol. The first-order valence-electron chi connectivity index (χ1n) is 13.8. The highest BCUT2D eigenvalue weighted by atomic mass is 19.4. The van der Waals surface area contributed by atoms with E-state index in [4.69, 9.17) is 9.72 Å². The van der Waals surface area contributed by atoms with Crippen molar-refractivity contribution < 1.29 is 22.3 Å². The summed E-state index contributed by atoms with van der Waals surface area (Å²) in [5.41, 5.74) is 2.50. The molecule has 1 aromatic carbocycles. The summed E-state index contributed by atoms with van der Waals surface area (Å²) in [7, 11) is 1.78. The fourth-order valence-corrected chi connectivity index (χ4v) is 5.10. The van der Waals surface area contributed by atoms with Crippen LogP contribution < -0.4 is 5.32 Å². The summed E-state index contributed by atoms with van der Waals surface area (Å²) in [5.74, 6) is 0.764. The van der Waals surface area contributed by atoms with E-state index in [9.17, 15) is 17.6 Å². The summed E-state index contributed by atoms with van der Waals surface area (Å²) in [4.78, 5) is 9.18. The molecule has 5 aromatic rings. The third kappa shape index (κ3) is 5.53. The van der Waals surface area contributed by atoms with Crippen molar-refractivity contribution in [1.82, 2.24) is 39.8 Å². The number of benzene rings is 1. The largest absolute Gasteiger partial charge is 0.418 e. The van der Waals surface area contributed by atoms with E-state index >= 15 is 0 Å². The molecule has 2 aliphatic rings. The molecule has 0 bridgehead atoms. The van der Waals surface area contributed by atoms with Crippen LogP contribution in [0.1, 0.15) is 35.7 Å².